The van der Waals surface area contributed by atoms with Gasteiger partial charge in [-0.25, -0.2) is 0 Å². The van der Waals surface area contributed by atoms with Crippen LogP contribution in [-0.2, 0) is 11.2 Å². The van der Waals surface area contributed by atoms with Gasteiger partial charge in [0.1, 0.15) is 0 Å². The van der Waals surface area contributed by atoms with Gasteiger partial charge in [0, 0.05) is 22.3 Å². The summed E-state index contributed by atoms with van der Waals surface area (Å²) in [4.78, 5) is 14.6. The van der Waals surface area contributed by atoms with Crippen molar-refractivity contribution < 1.29 is 4.79 Å². The van der Waals surface area contributed by atoms with E-state index in [0.717, 1.165) is 19.4 Å². The maximum atomic E-state index is 11.9. The summed E-state index contributed by atoms with van der Waals surface area (Å²) in [6, 6.07) is 4.50. The van der Waals surface area contributed by atoms with Gasteiger partial charge in [-0.1, -0.05) is 19.8 Å². The van der Waals surface area contributed by atoms with E-state index in [2.05, 4.69) is 43.5 Å². The molecule has 1 amide bonds. The molecule has 0 bridgehead atoms. The number of thiophene rings is 1. The third-order valence-electron chi connectivity index (χ3n) is 3.31. The molecule has 0 radical (unpaired) electrons. The Bertz CT molecular complexity index is 403. The second-order valence-corrected chi connectivity index (χ2v) is 6.88. The number of rotatable bonds is 9. The van der Waals surface area contributed by atoms with Crippen molar-refractivity contribution in [2.45, 2.75) is 65.5 Å². The Labute approximate surface area is 127 Å². The SMILES string of the molecule is CCCCCNC(=O)C(C)NC(C)Cc1ccc(C)s1. The van der Waals surface area contributed by atoms with Crippen LogP contribution < -0.4 is 10.6 Å². The molecule has 0 saturated heterocycles. The lowest BCUT2D eigenvalue weighted by Gasteiger charge is -2.19. The van der Waals surface area contributed by atoms with E-state index < -0.39 is 0 Å². The fourth-order valence-corrected chi connectivity index (χ4v) is 3.22. The van der Waals surface area contributed by atoms with Gasteiger partial charge in [-0.05, 0) is 45.7 Å². The van der Waals surface area contributed by atoms with Crippen LogP contribution in [0.1, 0.15) is 49.8 Å². The smallest absolute Gasteiger partial charge is 0.236 e. The van der Waals surface area contributed by atoms with Gasteiger partial charge in [-0.15, -0.1) is 11.3 Å². The van der Waals surface area contributed by atoms with Crippen molar-refractivity contribution >= 4 is 17.2 Å². The summed E-state index contributed by atoms with van der Waals surface area (Å²) in [5.41, 5.74) is 0. The summed E-state index contributed by atoms with van der Waals surface area (Å²) in [5, 5.41) is 6.36. The Balaban J connectivity index is 2.26. The highest BCUT2D eigenvalue weighted by Gasteiger charge is 2.15. The van der Waals surface area contributed by atoms with E-state index in [9.17, 15) is 4.79 Å². The molecule has 0 aliphatic rings. The second kappa shape index (κ2) is 9.14. The van der Waals surface area contributed by atoms with Crippen LogP contribution in [0.4, 0.5) is 0 Å². The summed E-state index contributed by atoms with van der Waals surface area (Å²) >= 11 is 1.83. The van der Waals surface area contributed by atoms with E-state index >= 15 is 0 Å². The number of unbranched alkanes of at least 4 members (excludes halogenated alkanes) is 2. The fourth-order valence-electron chi connectivity index (χ4n) is 2.20. The van der Waals surface area contributed by atoms with E-state index in [1.165, 1.54) is 22.6 Å². The summed E-state index contributed by atoms with van der Waals surface area (Å²) < 4.78 is 0. The van der Waals surface area contributed by atoms with E-state index in [0.29, 0.717) is 6.04 Å². The molecule has 0 saturated carbocycles. The minimum absolute atomic E-state index is 0.107. The van der Waals surface area contributed by atoms with Crippen molar-refractivity contribution in [2.24, 2.45) is 0 Å². The maximum Gasteiger partial charge on any atom is 0.236 e. The highest BCUT2D eigenvalue weighted by atomic mass is 32.1. The molecule has 4 heteroatoms. The average Bonchev–Trinajstić information content (AvgIpc) is 2.79. The Hall–Kier alpha value is -0.870. The molecule has 2 unspecified atom stereocenters. The van der Waals surface area contributed by atoms with Crippen LogP contribution in [0.25, 0.3) is 0 Å². The largest absolute Gasteiger partial charge is 0.355 e. The molecule has 1 heterocycles. The van der Waals surface area contributed by atoms with Crippen LogP contribution in [0.15, 0.2) is 12.1 Å². The van der Waals surface area contributed by atoms with Crippen LogP contribution in [0, 0.1) is 6.92 Å². The fraction of sp³-hybridized carbons (Fsp3) is 0.688. The summed E-state index contributed by atoms with van der Waals surface area (Å²) in [5.74, 6) is 0.107. The molecule has 0 spiro atoms. The molecule has 1 aromatic rings. The first-order valence-corrected chi connectivity index (χ1v) is 8.43. The summed E-state index contributed by atoms with van der Waals surface area (Å²) in [6.45, 7) is 9.15. The standard InChI is InChI=1S/C16H28N2OS/c1-5-6-7-10-17-16(19)14(4)18-12(2)11-15-9-8-13(3)20-15/h8-9,12,14,18H,5-7,10-11H2,1-4H3,(H,17,19). The number of aryl methyl sites for hydroxylation is 1. The molecule has 3 nitrogen and oxygen atoms in total. The highest BCUT2D eigenvalue weighted by Crippen LogP contribution is 2.16. The highest BCUT2D eigenvalue weighted by molar-refractivity contribution is 7.11. The van der Waals surface area contributed by atoms with E-state index in [-0.39, 0.29) is 11.9 Å². The molecule has 0 aliphatic carbocycles. The first kappa shape index (κ1) is 17.2. The molecule has 20 heavy (non-hydrogen) atoms. The zero-order valence-corrected chi connectivity index (χ0v) is 14.0. The van der Waals surface area contributed by atoms with Crippen molar-refractivity contribution in [1.82, 2.24) is 10.6 Å². The molecular weight excluding hydrogens is 268 g/mol. The molecule has 1 aromatic heterocycles. The molecular formula is C16H28N2OS. The molecule has 2 atom stereocenters. The Morgan fingerprint density at radius 2 is 2.05 bits per heavy atom. The third kappa shape index (κ3) is 6.53. The van der Waals surface area contributed by atoms with Gasteiger partial charge in [0.05, 0.1) is 6.04 Å². The average molecular weight is 296 g/mol. The van der Waals surface area contributed by atoms with E-state index in [1.807, 2.05) is 18.3 Å². The van der Waals surface area contributed by atoms with Gasteiger partial charge in [0.25, 0.3) is 0 Å². The zero-order valence-electron chi connectivity index (χ0n) is 13.2. The lowest BCUT2D eigenvalue weighted by atomic mass is 10.1. The van der Waals surface area contributed by atoms with Crippen LogP contribution in [0.3, 0.4) is 0 Å². The quantitative estimate of drug-likeness (QED) is 0.687. The zero-order chi connectivity index (χ0) is 15.0. The predicted octanol–water partition coefficient (Wildman–Crippen LogP) is 3.27. The predicted molar refractivity (Wildman–Crippen MR) is 87.4 cm³/mol. The van der Waals surface area contributed by atoms with Crippen molar-refractivity contribution in [3.05, 3.63) is 21.9 Å². The molecule has 114 valence electrons. The maximum absolute atomic E-state index is 11.9. The molecule has 1 rings (SSSR count). The first-order valence-electron chi connectivity index (χ1n) is 7.62. The van der Waals surface area contributed by atoms with Gasteiger partial charge in [-0.3, -0.25) is 4.79 Å². The van der Waals surface area contributed by atoms with Gasteiger partial charge in [0.2, 0.25) is 5.91 Å². The normalized spacial score (nSPS) is 14.0. The van der Waals surface area contributed by atoms with E-state index in [1.54, 1.807) is 0 Å². The minimum Gasteiger partial charge on any atom is -0.355 e. The van der Waals surface area contributed by atoms with Crippen LogP contribution in [-0.4, -0.2) is 24.5 Å². The molecule has 2 N–H and O–H groups in total. The second-order valence-electron chi connectivity index (χ2n) is 5.50. The monoisotopic (exact) mass is 296 g/mol. The number of hydrogen-bond donors (Lipinski definition) is 2. The Morgan fingerprint density at radius 1 is 1.30 bits per heavy atom. The van der Waals surface area contributed by atoms with Crippen LogP contribution >= 0.6 is 11.3 Å². The summed E-state index contributed by atoms with van der Waals surface area (Å²) in [7, 11) is 0. The van der Waals surface area contributed by atoms with Crippen LogP contribution in [0.2, 0.25) is 0 Å². The number of nitrogens with one attached hydrogen (secondary N) is 2. The first-order chi connectivity index (χ1) is 9.52. The molecule has 0 aromatic carbocycles. The Morgan fingerprint density at radius 3 is 2.65 bits per heavy atom. The topological polar surface area (TPSA) is 41.1 Å². The lowest BCUT2D eigenvalue weighted by molar-refractivity contribution is -0.122. The van der Waals surface area contributed by atoms with Gasteiger partial charge < -0.3 is 10.6 Å². The lowest BCUT2D eigenvalue weighted by Crippen LogP contribution is -2.46. The van der Waals surface area contributed by atoms with Crippen molar-refractivity contribution in [3.63, 3.8) is 0 Å². The minimum atomic E-state index is -0.132. The summed E-state index contributed by atoms with van der Waals surface area (Å²) in [6.07, 6.45) is 4.40. The van der Waals surface area contributed by atoms with Crippen molar-refractivity contribution in [1.29, 1.82) is 0 Å². The van der Waals surface area contributed by atoms with Crippen molar-refractivity contribution in [2.75, 3.05) is 6.54 Å². The molecule has 0 fully saturated rings. The van der Waals surface area contributed by atoms with Gasteiger partial charge in [0.15, 0.2) is 0 Å². The van der Waals surface area contributed by atoms with Crippen LogP contribution in [0.5, 0.6) is 0 Å². The number of carbonyl (C=O) groups is 1. The Kier molecular flexibility index (Phi) is 7.85. The number of carbonyl (C=O) groups excluding carboxylic acids is 1. The number of hydrogen-bond acceptors (Lipinski definition) is 3. The van der Waals surface area contributed by atoms with Gasteiger partial charge in [-0.2, -0.15) is 0 Å². The molecule has 0 aliphatic heterocycles. The van der Waals surface area contributed by atoms with Crippen molar-refractivity contribution in [3.8, 4) is 0 Å². The third-order valence-corrected chi connectivity index (χ3v) is 4.33. The van der Waals surface area contributed by atoms with Gasteiger partial charge >= 0.3 is 0 Å². The number of amides is 1. The van der Waals surface area contributed by atoms with E-state index in [4.69, 9.17) is 0 Å².